The van der Waals surface area contributed by atoms with E-state index in [0.717, 1.165) is 10.9 Å². The van der Waals surface area contributed by atoms with Gasteiger partial charge in [-0.25, -0.2) is 4.79 Å². The number of amides is 4. The van der Waals surface area contributed by atoms with Gasteiger partial charge >= 0.3 is 5.97 Å². The van der Waals surface area contributed by atoms with Crippen molar-refractivity contribution in [2.24, 2.45) is 17.4 Å². The second kappa shape index (κ2) is 14.1. The molecule has 5 atom stereocenters. The van der Waals surface area contributed by atoms with Gasteiger partial charge in [-0.1, -0.05) is 38.5 Å². The van der Waals surface area contributed by atoms with Gasteiger partial charge < -0.3 is 42.6 Å². The Morgan fingerprint density at radius 1 is 0.974 bits per heavy atom. The molecule has 1 heterocycles. The summed E-state index contributed by atoms with van der Waals surface area (Å²) < 4.78 is 0. The number of carboxylic acids is 1. The van der Waals surface area contributed by atoms with Gasteiger partial charge in [0.1, 0.15) is 18.1 Å². The number of aliphatic carboxylic acids is 1. The summed E-state index contributed by atoms with van der Waals surface area (Å²) in [6.07, 6.45) is 1.73. The van der Waals surface area contributed by atoms with E-state index in [2.05, 4.69) is 20.9 Å². The minimum atomic E-state index is -1.43. The van der Waals surface area contributed by atoms with Crippen LogP contribution in [-0.2, 0) is 30.4 Å². The molecule has 13 heteroatoms. The number of hydrogen-bond acceptors (Lipinski definition) is 7. The first-order valence-corrected chi connectivity index (χ1v) is 12.3. The van der Waals surface area contributed by atoms with Gasteiger partial charge in [-0.05, 0) is 24.0 Å². The van der Waals surface area contributed by atoms with Crippen LogP contribution in [0.15, 0.2) is 30.5 Å². The minimum absolute atomic E-state index is 0.0395. The van der Waals surface area contributed by atoms with Crippen LogP contribution >= 0.6 is 0 Å². The van der Waals surface area contributed by atoms with Crippen LogP contribution in [0.3, 0.4) is 0 Å². The van der Waals surface area contributed by atoms with Gasteiger partial charge in [-0.3, -0.25) is 19.2 Å². The molecule has 0 bridgehead atoms. The fourth-order valence-electron chi connectivity index (χ4n) is 3.79. The molecule has 0 saturated carbocycles. The van der Waals surface area contributed by atoms with E-state index >= 15 is 0 Å². The number of carbonyl (C=O) groups is 5. The summed E-state index contributed by atoms with van der Waals surface area (Å²) in [6.45, 7) is 2.87. The Balaban J connectivity index is 2.27. The first kappa shape index (κ1) is 30.3. The van der Waals surface area contributed by atoms with Gasteiger partial charge in [0.2, 0.25) is 23.6 Å². The quantitative estimate of drug-likeness (QED) is 0.140. The number of benzene rings is 1. The molecule has 1 aromatic heterocycles. The Labute approximate surface area is 219 Å². The van der Waals surface area contributed by atoms with E-state index in [-0.39, 0.29) is 25.2 Å². The van der Waals surface area contributed by atoms with Gasteiger partial charge in [0.05, 0.1) is 12.6 Å². The fourth-order valence-corrected chi connectivity index (χ4v) is 3.79. The molecule has 2 aromatic rings. The summed E-state index contributed by atoms with van der Waals surface area (Å²) >= 11 is 0. The zero-order valence-electron chi connectivity index (χ0n) is 21.4. The zero-order valence-corrected chi connectivity index (χ0v) is 21.4. The maximum absolute atomic E-state index is 13.2. The number of aromatic amines is 1. The smallest absolute Gasteiger partial charge is 0.326 e. The van der Waals surface area contributed by atoms with Crippen molar-refractivity contribution in [1.29, 1.82) is 0 Å². The number of rotatable bonds is 15. The summed E-state index contributed by atoms with van der Waals surface area (Å²) in [5, 5.41) is 27.3. The molecule has 0 saturated heterocycles. The van der Waals surface area contributed by atoms with Crippen LogP contribution < -0.4 is 27.4 Å². The molecule has 5 unspecified atom stereocenters. The number of para-hydroxylation sites is 1. The lowest BCUT2D eigenvalue weighted by molar-refractivity contribution is -0.142. The van der Waals surface area contributed by atoms with Crippen LogP contribution in [0.2, 0.25) is 0 Å². The maximum atomic E-state index is 13.2. The molecule has 13 nitrogen and oxygen atoms in total. The molecule has 0 fully saturated rings. The van der Waals surface area contributed by atoms with Gasteiger partial charge in [0.25, 0.3) is 0 Å². The van der Waals surface area contributed by atoms with Crippen molar-refractivity contribution < 1.29 is 34.2 Å². The Morgan fingerprint density at radius 3 is 2.18 bits per heavy atom. The highest BCUT2D eigenvalue weighted by atomic mass is 16.4. The maximum Gasteiger partial charge on any atom is 0.326 e. The molecule has 2 rings (SSSR count). The normalized spacial score (nSPS) is 15.1. The number of nitrogens with one attached hydrogen (secondary N) is 4. The second-order valence-electron chi connectivity index (χ2n) is 9.18. The Hall–Kier alpha value is -3.97. The summed E-state index contributed by atoms with van der Waals surface area (Å²) in [7, 11) is 0. The molecule has 4 amide bonds. The van der Waals surface area contributed by atoms with Crippen molar-refractivity contribution in [2.75, 3.05) is 6.61 Å². The van der Waals surface area contributed by atoms with Crippen LogP contribution in [0.1, 0.15) is 38.7 Å². The van der Waals surface area contributed by atoms with E-state index < -0.39 is 60.4 Å². The van der Waals surface area contributed by atoms with Gasteiger partial charge in [-0.15, -0.1) is 0 Å². The van der Waals surface area contributed by atoms with Crippen LogP contribution in [0.25, 0.3) is 10.9 Å². The van der Waals surface area contributed by atoms with Crippen molar-refractivity contribution in [3.8, 4) is 0 Å². The van der Waals surface area contributed by atoms with E-state index in [1.807, 2.05) is 25.1 Å². The second-order valence-corrected chi connectivity index (χ2v) is 9.18. The van der Waals surface area contributed by atoms with E-state index in [4.69, 9.17) is 11.5 Å². The van der Waals surface area contributed by atoms with Crippen LogP contribution in [0.4, 0.5) is 0 Å². The number of fused-ring (bicyclic) bond motifs is 1. The third kappa shape index (κ3) is 8.28. The average Bonchev–Trinajstić information content (AvgIpc) is 3.30. The third-order valence-electron chi connectivity index (χ3n) is 6.40. The predicted molar refractivity (Wildman–Crippen MR) is 138 cm³/mol. The average molecular weight is 533 g/mol. The zero-order chi connectivity index (χ0) is 28.4. The molecule has 0 radical (unpaired) electrons. The standard InChI is InChI=1S/C25H36N6O7/c1-3-13(2)21(27)24(36)31-19(12-32)23(35)30-18(10-14-11-28-16-7-5-4-6-15(14)16)22(34)29-17(25(37)38)8-9-20(26)33/h4-7,11,13,17-19,21,28,32H,3,8-10,12,27H2,1-2H3,(H2,26,33)(H,29,34)(H,30,35)(H,31,36)(H,37,38). The van der Waals surface area contributed by atoms with Crippen LogP contribution in [-0.4, -0.2) is 75.6 Å². The largest absolute Gasteiger partial charge is 0.480 e. The summed E-state index contributed by atoms with van der Waals surface area (Å²) in [5.74, 6) is -4.61. The van der Waals surface area contributed by atoms with Gasteiger partial charge in [-0.2, -0.15) is 0 Å². The summed E-state index contributed by atoms with van der Waals surface area (Å²) in [5.41, 5.74) is 12.5. The molecule has 10 N–H and O–H groups in total. The minimum Gasteiger partial charge on any atom is -0.480 e. The highest BCUT2D eigenvalue weighted by Gasteiger charge is 2.31. The number of nitrogens with two attached hydrogens (primary N) is 2. The molecular weight excluding hydrogens is 496 g/mol. The van der Waals surface area contributed by atoms with Crippen LogP contribution in [0, 0.1) is 5.92 Å². The highest BCUT2D eigenvalue weighted by molar-refractivity contribution is 5.95. The van der Waals surface area contributed by atoms with E-state index in [9.17, 15) is 34.2 Å². The molecule has 0 aliphatic heterocycles. The fraction of sp³-hybridized carbons (Fsp3) is 0.480. The Morgan fingerprint density at radius 2 is 1.58 bits per heavy atom. The molecule has 0 aliphatic rings. The van der Waals surface area contributed by atoms with Crippen molar-refractivity contribution >= 4 is 40.5 Å². The Bertz CT molecular complexity index is 1150. The van der Waals surface area contributed by atoms with E-state index in [1.165, 1.54) is 0 Å². The van der Waals surface area contributed by atoms with Crippen molar-refractivity contribution in [1.82, 2.24) is 20.9 Å². The SMILES string of the molecule is CCC(C)C(N)C(=O)NC(CO)C(=O)NC(Cc1c[nH]c2ccccc12)C(=O)NC(CCC(N)=O)C(=O)O. The molecular formula is C25H36N6O7. The number of carboxylic acid groups (broad SMARTS) is 1. The third-order valence-corrected chi connectivity index (χ3v) is 6.40. The van der Waals surface area contributed by atoms with Crippen molar-refractivity contribution in [3.63, 3.8) is 0 Å². The summed E-state index contributed by atoms with van der Waals surface area (Å²) in [4.78, 5) is 64.5. The lowest BCUT2D eigenvalue weighted by Gasteiger charge is -2.25. The monoisotopic (exact) mass is 532 g/mol. The number of aliphatic hydroxyl groups excluding tert-OH is 1. The molecule has 38 heavy (non-hydrogen) atoms. The van der Waals surface area contributed by atoms with Crippen molar-refractivity contribution in [3.05, 3.63) is 36.0 Å². The number of aromatic nitrogens is 1. The molecule has 208 valence electrons. The first-order chi connectivity index (χ1) is 18.0. The van der Waals surface area contributed by atoms with E-state index in [1.54, 1.807) is 19.2 Å². The first-order valence-electron chi connectivity index (χ1n) is 12.3. The number of H-pyrrole nitrogens is 1. The number of aliphatic hydroxyl groups is 1. The lowest BCUT2D eigenvalue weighted by atomic mass is 9.99. The number of carbonyl (C=O) groups excluding carboxylic acids is 4. The topological polar surface area (TPSA) is 230 Å². The number of primary amides is 1. The van der Waals surface area contributed by atoms with Crippen molar-refractivity contribution in [2.45, 2.75) is 63.7 Å². The molecule has 0 aliphatic carbocycles. The highest BCUT2D eigenvalue weighted by Crippen LogP contribution is 2.19. The van der Waals surface area contributed by atoms with E-state index in [0.29, 0.717) is 12.0 Å². The van der Waals surface area contributed by atoms with Gasteiger partial charge in [0, 0.05) is 29.9 Å². The number of hydrogen-bond donors (Lipinski definition) is 8. The Kier molecular flexibility index (Phi) is 11.2. The molecule has 0 spiro atoms. The predicted octanol–water partition coefficient (Wildman–Crippen LogP) is -1.12. The summed E-state index contributed by atoms with van der Waals surface area (Å²) in [6, 6.07) is 2.24. The van der Waals surface area contributed by atoms with Gasteiger partial charge in [0.15, 0.2) is 0 Å². The molecule has 1 aromatic carbocycles. The lowest BCUT2D eigenvalue weighted by Crippen LogP contribution is -2.59. The van der Waals surface area contributed by atoms with Crippen LogP contribution in [0.5, 0.6) is 0 Å².